The van der Waals surface area contributed by atoms with Gasteiger partial charge in [0.25, 0.3) is 0 Å². The number of unbranched alkanes of at least 4 members (excludes halogenated alkanes) is 1. The minimum absolute atomic E-state index is 0. The highest BCUT2D eigenvalue weighted by Crippen LogP contribution is 2.30. The fourth-order valence-electron chi connectivity index (χ4n) is 5.65. The monoisotopic (exact) mass is 516 g/mol. The maximum Gasteiger partial charge on any atom is 0.219 e. The first-order valence-electron chi connectivity index (χ1n) is 13.5. The van der Waals surface area contributed by atoms with Crippen LogP contribution in [-0.4, -0.2) is 4.57 Å². The molecule has 6 aromatic rings. The summed E-state index contributed by atoms with van der Waals surface area (Å²) in [4.78, 5) is 0. The molecule has 6 rings (SSSR count). The maximum atomic E-state index is 2.44. The van der Waals surface area contributed by atoms with Crippen LogP contribution in [0.15, 0.2) is 103 Å². The lowest BCUT2D eigenvalue weighted by atomic mass is 10.0. The molecule has 0 spiro atoms. The van der Waals surface area contributed by atoms with Crippen molar-refractivity contribution < 1.29 is 17.0 Å². The van der Waals surface area contributed by atoms with Crippen LogP contribution in [0.2, 0.25) is 0 Å². The van der Waals surface area contributed by atoms with Crippen LogP contribution in [0.5, 0.6) is 0 Å². The molecule has 0 atom stereocenters. The summed E-state index contributed by atoms with van der Waals surface area (Å²) in [5.41, 5.74) is 8.93. The first kappa shape index (κ1) is 25.8. The molecule has 0 amide bonds. The van der Waals surface area contributed by atoms with Gasteiger partial charge in [-0.15, -0.1) is 0 Å². The van der Waals surface area contributed by atoms with Gasteiger partial charge in [-0.05, 0) is 48.7 Å². The number of aryl methyl sites for hydroxylation is 2. The largest absolute Gasteiger partial charge is 1.00 e. The van der Waals surface area contributed by atoms with E-state index >= 15 is 0 Å². The van der Waals surface area contributed by atoms with Crippen LogP contribution >= 0.6 is 0 Å². The first-order chi connectivity index (χ1) is 18.3. The fraction of sp³-hybridized carbons (Fsp3) is 0.171. The number of halogens is 1. The Morgan fingerprint density at radius 2 is 1.39 bits per heavy atom. The number of hydrogen-bond donors (Lipinski definition) is 0. The van der Waals surface area contributed by atoms with E-state index in [1.54, 1.807) is 0 Å². The number of para-hydroxylation sites is 3. The van der Waals surface area contributed by atoms with Crippen LogP contribution in [0, 0.1) is 0 Å². The van der Waals surface area contributed by atoms with Crippen molar-refractivity contribution in [2.24, 2.45) is 0 Å². The van der Waals surface area contributed by atoms with E-state index in [9.17, 15) is 0 Å². The molecule has 0 aliphatic rings. The Balaban J connectivity index is 0.00000294. The molecule has 190 valence electrons. The highest BCUT2D eigenvalue weighted by Gasteiger charge is 2.20. The SMILES string of the molecule is CCCCc1cc(/C=C/c2ccc3c(c2)c2ccccc2n3CC)c2ccccc2[n+]1-c1ccccc1.[Cl-]. The van der Waals surface area contributed by atoms with Crippen molar-refractivity contribution in [1.29, 1.82) is 0 Å². The predicted octanol–water partition coefficient (Wildman–Crippen LogP) is 5.76. The van der Waals surface area contributed by atoms with Crippen molar-refractivity contribution in [3.05, 3.63) is 120 Å². The molecule has 0 N–H and O–H groups in total. The van der Waals surface area contributed by atoms with Crippen molar-refractivity contribution in [3.63, 3.8) is 0 Å². The molecule has 0 aliphatic carbocycles. The van der Waals surface area contributed by atoms with Gasteiger partial charge in [0.2, 0.25) is 11.2 Å². The van der Waals surface area contributed by atoms with E-state index in [-0.39, 0.29) is 12.4 Å². The van der Waals surface area contributed by atoms with Crippen LogP contribution in [0.25, 0.3) is 50.5 Å². The van der Waals surface area contributed by atoms with Crippen molar-refractivity contribution in [1.82, 2.24) is 4.57 Å². The number of rotatable bonds is 7. The van der Waals surface area contributed by atoms with Crippen molar-refractivity contribution in [2.45, 2.75) is 39.7 Å². The Labute approximate surface area is 231 Å². The summed E-state index contributed by atoms with van der Waals surface area (Å²) in [6.45, 7) is 5.45. The van der Waals surface area contributed by atoms with Gasteiger partial charge in [0.15, 0.2) is 5.69 Å². The van der Waals surface area contributed by atoms with Crippen LogP contribution < -0.4 is 17.0 Å². The molecular weight excluding hydrogens is 484 g/mol. The second-order valence-corrected chi connectivity index (χ2v) is 9.75. The summed E-state index contributed by atoms with van der Waals surface area (Å²) in [6, 6.07) is 37.5. The van der Waals surface area contributed by atoms with Gasteiger partial charge in [-0.25, -0.2) is 0 Å². The lowest BCUT2D eigenvalue weighted by Crippen LogP contribution is -3.00. The van der Waals surface area contributed by atoms with Gasteiger partial charge in [-0.2, -0.15) is 4.57 Å². The molecule has 0 fully saturated rings. The summed E-state index contributed by atoms with van der Waals surface area (Å²) < 4.78 is 4.85. The number of nitrogens with zero attached hydrogens (tertiary/aromatic N) is 2. The minimum Gasteiger partial charge on any atom is -1.00 e. The molecule has 3 heteroatoms. The molecular formula is C35H33ClN2. The Kier molecular flexibility index (Phi) is 7.62. The van der Waals surface area contributed by atoms with Crippen LogP contribution in [0.4, 0.5) is 0 Å². The van der Waals surface area contributed by atoms with Gasteiger partial charge in [-0.3, -0.25) is 0 Å². The third-order valence-corrected chi connectivity index (χ3v) is 7.43. The second kappa shape index (κ2) is 11.2. The molecule has 0 radical (unpaired) electrons. The zero-order valence-corrected chi connectivity index (χ0v) is 22.8. The summed E-state index contributed by atoms with van der Waals surface area (Å²) in [5, 5.41) is 3.92. The molecule has 0 unspecified atom stereocenters. The van der Waals surface area contributed by atoms with E-state index in [4.69, 9.17) is 0 Å². The highest BCUT2D eigenvalue weighted by molar-refractivity contribution is 6.08. The van der Waals surface area contributed by atoms with Gasteiger partial charge in [-0.1, -0.05) is 80.1 Å². The van der Waals surface area contributed by atoms with E-state index in [1.165, 1.54) is 68.1 Å². The van der Waals surface area contributed by atoms with E-state index in [2.05, 4.69) is 138 Å². The van der Waals surface area contributed by atoms with Gasteiger partial charge in [0.1, 0.15) is 0 Å². The number of aromatic nitrogens is 2. The molecule has 2 aromatic heterocycles. The molecule has 0 saturated carbocycles. The van der Waals surface area contributed by atoms with Crippen LogP contribution in [-0.2, 0) is 13.0 Å². The van der Waals surface area contributed by atoms with Gasteiger partial charge < -0.3 is 17.0 Å². The normalized spacial score (nSPS) is 11.5. The molecule has 0 bridgehead atoms. The third-order valence-electron chi connectivity index (χ3n) is 7.43. The quantitative estimate of drug-likeness (QED) is 0.238. The smallest absolute Gasteiger partial charge is 0.219 e. The third kappa shape index (κ3) is 4.61. The Morgan fingerprint density at radius 3 is 2.18 bits per heavy atom. The number of fused-ring (bicyclic) bond motifs is 4. The van der Waals surface area contributed by atoms with Gasteiger partial charge >= 0.3 is 0 Å². The Morgan fingerprint density at radius 1 is 0.684 bits per heavy atom. The van der Waals surface area contributed by atoms with E-state index in [0.29, 0.717) is 0 Å². The molecule has 38 heavy (non-hydrogen) atoms. The number of hydrogen-bond acceptors (Lipinski definition) is 0. The standard InChI is InChI=1S/C35H33N2.ClH/c1-3-5-13-29-25-27(30-16-9-12-19-35(30)37(29)28-14-7-6-8-15-28)22-20-26-21-23-34-32(24-26)31-17-10-11-18-33(31)36(34)4-2;/h6-12,14-25H,3-5,13H2,1-2H3;1H/q+1;/p-1. The molecule has 2 nitrogen and oxygen atoms in total. The average molecular weight is 517 g/mol. The summed E-state index contributed by atoms with van der Waals surface area (Å²) >= 11 is 0. The molecule has 0 aliphatic heterocycles. The van der Waals surface area contributed by atoms with Crippen molar-refractivity contribution >= 4 is 44.9 Å². The van der Waals surface area contributed by atoms with E-state index < -0.39 is 0 Å². The predicted molar refractivity (Wildman–Crippen MR) is 158 cm³/mol. The number of benzene rings is 4. The Bertz CT molecular complexity index is 1750. The summed E-state index contributed by atoms with van der Waals surface area (Å²) in [6.07, 6.45) is 7.98. The van der Waals surface area contributed by atoms with E-state index in [1.807, 2.05) is 0 Å². The van der Waals surface area contributed by atoms with Gasteiger partial charge in [0.05, 0.1) is 5.39 Å². The molecule has 2 heterocycles. The Hall–Kier alpha value is -3.88. The summed E-state index contributed by atoms with van der Waals surface area (Å²) in [5.74, 6) is 0. The van der Waals surface area contributed by atoms with Crippen molar-refractivity contribution in [3.8, 4) is 5.69 Å². The zero-order chi connectivity index (χ0) is 25.2. The van der Waals surface area contributed by atoms with E-state index in [0.717, 1.165) is 13.0 Å². The fourth-order valence-corrected chi connectivity index (χ4v) is 5.65. The van der Waals surface area contributed by atoms with Crippen LogP contribution in [0.3, 0.4) is 0 Å². The van der Waals surface area contributed by atoms with Crippen LogP contribution in [0.1, 0.15) is 43.5 Å². The second-order valence-electron chi connectivity index (χ2n) is 9.75. The topological polar surface area (TPSA) is 8.81 Å². The summed E-state index contributed by atoms with van der Waals surface area (Å²) in [7, 11) is 0. The van der Waals surface area contributed by atoms with Crippen molar-refractivity contribution in [2.75, 3.05) is 0 Å². The molecule has 0 saturated heterocycles. The average Bonchev–Trinajstić information content (AvgIpc) is 3.28. The zero-order valence-electron chi connectivity index (χ0n) is 22.1. The number of pyridine rings is 1. The molecule has 4 aromatic carbocycles. The lowest BCUT2D eigenvalue weighted by Gasteiger charge is -2.10. The maximum absolute atomic E-state index is 2.44. The van der Waals surface area contributed by atoms with Gasteiger partial charge in [0, 0.05) is 59.0 Å². The first-order valence-corrected chi connectivity index (χ1v) is 13.5. The highest BCUT2D eigenvalue weighted by atomic mass is 35.5. The lowest BCUT2D eigenvalue weighted by molar-refractivity contribution is -0.576. The minimum atomic E-state index is 0.